The van der Waals surface area contributed by atoms with Crippen molar-refractivity contribution < 1.29 is 9.59 Å². The summed E-state index contributed by atoms with van der Waals surface area (Å²) in [5.41, 5.74) is 2.57. The van der Waals surface area contributed by atoms with E-state index in [2.05, 4.69) is 21.2 Å². The minimum absolute atomic E-state index is 0.0545. The van der Waals surface area contributed by atoms with E-state index >= 15 is 0 Å². The average Bonchev–Trinajstić information content (AvgIpc) is 2.79. The molecule has 0 aliphatic rings. The summed E-state index contributed by atoms with van der Waals surface area (Å²) in [6.45, 7) is 4.11. The van der Waals surface area contributed by atoms with Crippen molar-refractivity contribution in [1.82, 2.24) is 10.2 Å². The Morgan fingerprint density at radius 1 is 0.941 bits per heavy atom. The Kier molecular flexibility index (Phi) is 9.57. The number of nitrogens with one attached hydrogen (secondary N) is 1. The largest absolute Gasteiger partial charge is 0.352 e. The number of rotatable bonds is 9. The topological polar surface area (TPSA) is 49.4 Å². The van der Waals surface area contributed by atoms with E-state index in [1.165, 1.54) is 0 Å². The molecule has 1 N–H and O–H groups in total. The van der Waals surface area contributed by atoms with Gasteiger partial charge in [0.2, 0.25) is 11.8 Å². The van der Waals surface area contributed by atoms with Crippen LogP contribution in [-0.4, -0.2) is 28.8 Å². The molecule has 0 saturated carbocycles. The van der Waals surface area contributed by atoms with Crippen molar-refractivity contribution in [3.8, 4) is 0 Å². The molecule has 34 heavy (non-hydrogen) atoms. The number of carbonyl (C=O) groups is 2. The molecular formula is C27H27BrCl2N2O2. The van der Waals surface area contributed by atoms with Gasteiger partial charge in [0, 0.05) is 33.5 Å². The fraction of sp³-hybridized carbons (Fsp3) is 0.259. The zero-order chi connectivity index (χ0) is 24.7. The first-order valence-corrected chi connectivity index (χ1v) is 12.6. The van der Waals surface area contributed by atoms with Gasteiger partial charge in [0.1, 0.15) is 6.04 Å². The third-order valence-electron chi connectivity index (χ3n) is 5.32. The molecule has 3 aromatic carbocycles. The quantitative estimate of drug-likeness (QED) is 0.326. The zero-order valence-electron chi connectivity index (χ0n) is 19.1. The van der Waals surface area contributed by atoms with Crippen molar-refractivity contribution in [1.29, 1.82) is 0 Å². The predicted molar refractivity (Wildman–Crippen MR) is 142 cm³/mol. The van der Waals surface area contributed by atoms with Crippen LogP contribution in [0.1, 0.15) is 30.5 Å². The van der Waals surface area contributed by atoms with Crippen molar-refractivity contribution in [2.45, 2.75) is 45.3 Å². The highest BCUT2D eigenvalue weighted by Crippen LogP contribution is 2.24. The summed E-state index contributed by atoms with van der Waals surface area (Å²) < 4.78 is 0.945. The van der Waals surface area contributed by atoms with Crippen molar-refractivity contribution >= 4 is 50.9 Å². The Morgan fingerprint density at radius 2 is 1.62 bits per heavy atom. The molecule has 0 aromatic heterocycles. The molecular weight excluding hydrogens is 535 g/mol. The summed E-state index contributed by atoms with van der Waals surface area (Å²) >= 11 is 15.8. The van der Waals surface area contributed by atoms with Gasteiger partial charge < -0.3 is 10.2 Å². The monoisotopic (exact) mass is 560 g/mol. The number of halogens is 3. The van der Waals surface area contributed by atoms with Crippen LogP contribution < -0.4 is 5.32 Å². The third kappa shape index (κ3) is 7.59. The van der Waals surface area contributed by atoms with Crippen LogP contribution in [0.4, 0.5) is 0 Å². The fourth-order valence-electron chi connectivity index (χ4n) is 3.65. The summed E-state index contributed by atoms with van der Waals surface area (Å²) in [5, 5.41) is 3.92. The lowest BCUT2D eigenvalue weighted by Crippen LogP contribution is -2.52. The van der Waals surface area contributed by atoms with Crippen LogP contribution in [0.25, 0.3) is 0 Å². The molecule has 0 radical (unpaired) electrons. The molecule has 0 aliphatic heterocycles. The van der Waals surface area contributed by atoms with E-state index in [0.717, 1.165) is 15.6 Å². The van der Waals surface area contributed by atoms with Gasteiger partial charge in [-0.2, -0.15) is 0 Å². The smallest absolute Gasteiger partial charge is 0.243 e. The number of carbonyl (C=O) groups excluding carboxylic acids is 2. The van der Waals surface area contributed by atoms with Gasteiger partial charge in [-0.15, -0.1) is 0 Å². The maximum Gasteiger partial charge on any atom is 0.243 e. The fourth-order valence-corrected chi connectivity index (χ4v) is 4.39. The molecule has 2 amide bonds. The second kappa shape index (κ2) is 12.4. The van der Waals surface area contributed by atoms with Crippen LogP contribution in [0.2, 0.25) is 10.0 Å². The summed E-state index contributed by atoms with van der Waals surface area (Å²) in [5.74, 6) is -0.376. The summed E-state index contributed by atoms with van der Waals surface area (Å²) in [6.07, 6.45) is 0.461. The molecule has 0 bridgehead atoms. The van der Waals surface area contributed by atoms with Crippen LogP contribution in [0.5, 0.6) is 0 Å². The second-order valence-corrected chi connectivity index (χ2v) is 10.2. The van der Waals surface area contributed by atoms with Crippen LogP contribution >= 0.6 is 39.1 Å². The van der Waals surface area contributed by atoms with E-state index in [9.17, 15) is 9.59 Å². The SMILES string of the molecule is CC(C)NC(=O)C(Cc1ccccc1)N(Cc1ccc(Br)cc1)C(=O)Cc1ccc(Cl)cc1Cl. The third-order valence-corrected chi connectivity index (χ3v) is 6.44. The van der Waals surface area contributed by atoms with Crippen LogP contribution in [-0.2, 0) is 29.0 Å². The molecule has 1 atom stereocenters. The Hall–Kier alpha value is -2.34. The summed E-state index contributed by atoms with van der Waals surface area (Å²) in [4.78, 5) is 28.7. The van der Waals surface area contributed by atoms with E-state index in [1.807, 2.05) is 68.4 Å². The average molecular weight is 562 g/mol. The van der Waals surface area contributed by atoms with E-state index in [-0.39, 0.29) is 24.3 Å². The number of nitrogens with zero attached hydrogens (tertiary/aromatic N) is 1. The highest BCUT2D eigenvalue weighted by molar-refractivity contribution is 9.10. The molecule has 0 saturated heterocycles. The minimum atomic E-state index is -0.688. The highest BCUT2D eigenvalue weighted by atomic mass is 79.9. The molecule has 3 aromatic rings. The summed E-state index contributed by atoms with van der Waals surface area (Å²) in [7, 11) is 0. The van der Waals surface area contributed by atoms with Gasteiger partial charge in [-0.05, 0) is 54.8 Å². The van der Waals surface area contributed by atoms with Gasteiger partial charge in [-0.25, -0.2) is 0 Å². The van der Waals surface area contributed by atoms with E-state index in [0.29, 0.717) is 28.6 Å². The van der Waals surface area contributed by atoms with Gasteiger partial charge in [-0.3, -0.25) is 9.59 Å². The van der Waals surface area contributed by atoms with Gasteiger partial charge in [0.05, 0.1) is 6.42 Å². The molecule has 0 heterocycles. The van der Waals surface area contributed by atoms with Crippen molar-refractivity contribution in [3.05, 3.63) is 104 Å². The Bertz CT molecular complexity index is 1120. The highest BCUT2D eigenvalue weighted by Gasteiger charge is 2.31. The molecule has 1 unspecified atom stereocenters. The minimum Gasteiger partial charge on any atom is -0.352 e. The molecule has 3 rings (SSSR count). The van der Waals surface area contributed by atoms with Crippen LogP contribution in [0.3, 0.4) is 0 Å². The van der Waals surface area contributed by atoms with Crippen LogP contribution in [0, 0.1) is 0 Å². The molecule has 0 spiro atoms. The lowest BCUT2D eigenvalue weighted by atomic mass is 10.0. The Labute approximate surface area is 219 Å². The van der Waals surface area contributed by atoms with E-state index < -0.39 is 6.04 Å². The van der Waals surface area contributed by atoms with E-state index in [4.69, 9.17) is 23.2 Å². The Morgan fingerprint density at radius 3 is 2.24 bits per heavy atom. The lowest BCUT2D eigenvalue weighted by molar-refractivity contribution is -0.141. The number of amides is 2. The molecule has 4 nitrogen and oxygen atoms in total. The standard InChI is InChI=1S/C27H27BrCl2N2O2/c1-18(2)31-27(34)25(14-19-6-4-3-5-7-19)32(17-20-8-11-22(28)12-9-20)26(33)15-21-10-13-23(29)16-24(21)30/h3-13,16,18,25H,14-15,17H2,1-2H3,(H,31,34). The van der Waals surface area contributed by atoms with Gasteiger partial charge in [0.15, 0.2) is 0 Å². The second-order valence-electron chi connectivity index (χ2n) is 8.43. The molecule has 0 aliphatic carbocycles. The maximum absolute atomic E-state index is 13.7. The number of hydrogen-bond donors (Lipinski definition) is 1. The van der Waals surface area contributed by atoms with Gasteiger partial charge in [0.25, 0.3) is 0 Å². The first-order chi connectivity index (χ1) is 16.2. The Balaban J connectivity index is 1.98. The number of hydrogen-bond acceptors (Lipinski definition) is 2. The first kappa shape index (κ1) is 26.3. The zero-order valence-corrected chi connectivity index (χ0v) is 22.2. The first-order valence-electron chi connectivity index (χ1n) is 11.0. The van der Waals surface area contributed by atoms with E-state index in [1.54, 1.807) is 23.1 Å². The van der Waals surface area contributed by atoms with Gasteiger partial charge >= 0.3 is 0 Å². The molecule has 0 fully saturated rings. The maximum atomic E-state index is 13.7. The van der Waals surface area contributed by atoms with Crippen molar-refractivity contribution in [2.75, 3.05) is 0 Å². The molecule has 7 heteroatoms. The van der Waals surface area contributed by atoms with Crippen LogP contribution in [0.15, 0.2) is 77.3 Å². The lowest BCUT2D eigenvalue weighted by Gasteiger charge is -2.32. The number of benzene rings is 3. The van der Waals surface area contributed by atoms with Gasteiger partial charge in [-0.1, -0.05) is 87.7 Å². The van der Waals surface area contributed by atoms with Crippen molar-refractivity contribution in [3.63, 3.8) is 0 Å². The normalized spacial score (nSPS) is 11.8. The van der Waals surface area contributed by atoms with Crippen molar-refractivity contribution in [2.24, 2.45) is 0 Å². The molecule has 178 valence electrons. The predicted octanol–water partition coefficient (Wildman–Crippen LogP) is 6.46. The summed E-state index contributed by atoms with van der Waals surface area (Å²) in [6, 6.07) is 21.8.